The average molecular weight is 291 g/mol. The van der Waals surface area contributed by atoms with Gasteiger partial charge in [-0.2, -0.15) is 0 Å². The van der Waals surface area contributed by atoms with Crippen LogP contribution in [0.15, 0.2) is 30.4 Å². The molecule has 0 aromatic heterocycles. The van der Waals surface area contributed by atoms with Crippen molar-refractivity contribution in [2.75, 3.05) is 32.9 Å². The summed E-state index contributed by atoms with van der Waals surface area (Å²) in [7, 11) is 0. The van der Waals surface area contributed by atoms with Gasteiger partial charge in [0.05, 0.1) is 6.61 Å². The maximum atomic E-state index is 11.4. The Morgan fingerprint density at radius 1 is 1.33 bits per heavy atom. The minimum atomic E-state index is -0.343. The lowest BCUT2D eigenvalue weighted by atomic mass is 10.1. The molecule has 114 valence electrons. The van der Waals surface area contributed by atoms with Crippen LogP contribution in [0.5, 0.6) is 11.5 Å². The predicted octanol–water partition coefficient (Wildman–Crippen LogP) is 1.71. The van der Waals surface area contributed by atoms with Gasteiger partial charge in [-0.3, -0.25) is 0 Å². The van der Waals surface area contributed by atoms with Crippen molar-refractivity contribution in [3.05, 3.63) is 35.9 Å². The molecular weight excluding hydrogens is 270 g/mol. The Balaban J connectivity index is 1.74. The van der Waals surface area contributed by atoms with Gasteiger partial charge in [-0.1, -0.05) is 12.6 Å². The molecule has 0 unspecified atom stereocenters. The summed E-state index contributed by atoms with van der Waals surface area (Å²) in [4.78, 5) is 11.4. The monoisotopic (exact) mass is 291 g/mol. The first-order chi connectivity index (χ1) is 10.2. The molecule has 0 saturated heterocycles. The molecular formula is C16H21NO4. The molecule has 1 aliphatic heterocycles. The molecule has 5 nitrogen and oxygen atoms in total. The van der Waals surface area contributed by atoms with Crippen LogP contribution >= 0.6 is 0 Å². The standard InChI is InChI=1S/C16H21NO4/c1-3-19-16(18)12(2)11-17-7-6-13-4-5-14-15(10-13)21-9-8-20-14/h4-5,10,17H,2-3,6-9,11H2,1H3. The summed E-state index contributed by atoms with van der Waals surface area (Å²) in [5.41, 5.74) is 1.60. The Bertz CT molecular complexity index is 513. The quantitative estimate of drug-likeness (QED) is 0.471. The Morgan fingerprint density at radius 2 is 2.10 bits per heavy atom. The Morgan fingerprint density at radius 3 is 2.86 bits per heavy atom. The van der Waals surface area contributed by atoms with E-state index in [-0.39, 0.29) is 5.97 Å². The zero-order valence-corrected chi connectivity index (χ0v) is 12.3. The number of carbonyl (C=O) groups excluding carboxylic acids is 1. The summed E-state index contributed by atoms with van der Waals surface area (Å²) >= 11 is 0. The molecule has 0 aliphatic carbocycles. The van der Waals surface area contributed by atoms with Crippen molar-refractivity contribution in [3.63, 3.8) is 0 Å². The van der Waals surface area contributed by atoms with Gasteiger partial charge >= 0.3 is 5.97 Å². The van der Waals surface area contributed by atoms with Crippen LogP contribution in [0.2, 0.25) is 0 Å². The lowest BCUT2D eigenvalue weighted by Crippen LogP contribution is -2.24. The van der Waals surface area contributed by atoms with Crippen molar-refractivity contribution in [1.29, 1.82) is 0 Å². The van der Waals surface area contributed by atoms with Gasteiger partial charge in [0.2, 0.25) is 0 Å². The lowest BCUT2D eigenvalue weighted by molar-refractivity contribution is -0.138. The molecule has 5 heteroatoms. The first-order valence-corrected chi connectivity index (χ1v) is 7.15. The van der Waals surface area contributed by atoms with Gasteiger partial charge in [0.15, 0.2) is 11.5 Å². The van der Waals surface area contributed by atoms with E-state index >= 15 is 0 Å². The fourth-order valence-electron chi connectivity index (χ4n) is 2.02. The summed E-state index contributed by atoms with van der Waals surface area (Å²) in [6.45, 7) is 8.22. The van der Waals surface area contributed by atoms with Crippen LogP contribution in [0.4, 0.5) is 0 Å². The van der Waals surface area contributed by atoms with Crippen molar-refractivity contribution in [2.45, 2.75) is 13.3 Å². The summed E-state index contributed by atoms with van der Waals surface area (Å²) in [6, 6.07) is 5.95. The molecule has 0 amide bonds. The number of fused-ring (bicyclic) bond motifs is 1. The molecule has 1 aromatic carbocycles. The fraction of sp³-hybridized carbons (Fsp3) is 0.438. The third-order valence-corrected chi connectivity index (χ3v) is 3.10. The van der Waals surface area contributed by atoms with Crippen LogP contribution in [0.25, 0.3) is 0 Å². The minimum Gasteiger partial charge on any atom is -0.486 e. The summed E-state index contributed by atoms with van der Waals surface area (Å²) in [5, 5.41) is 3.18. The number of ether oxygens (including phenoxy) is 3. The van der Waals surface area contributed by atoms with Gasteiger partial charge < -0.3 is 19.5 Å². The van der Waals surface area contributed by atoms with Crippen molar-refractivity contribution in [2.24, 2.45) is 0 Å². The molecule has 0 radical (unpaired) electrons. The van der Waals surface area contributed by atoms with Crippen LogP contribution < -0.4 is 14.8 Å². The summed E-state index contributed by atoms with van der Waals surface area (Å²) < 4.78 is 15.9. The number of hydrogen-bond acceptors (Lipinski definition) is 5. The Labute approximate surface area is 124 Å². The first-order valence-electron chi connectivity index (χ1n) is 7.15. The van der Waals surface area contributed by atoms with Crippen LogP contribution in [0.3, 0.4) is 0 Å². The molecule has 0 fully saturated rings. The lowest BCUT2D eigenvalue weighted by Gasteiger charge is -2.18. The molecule has 1 aliphatic rings. The smallest absolute Gasteiger partial charge is 0.334 e. The second-order valence-electron chi connectivity index (χ2n) is 4.73. The van der Waals surface area contributed by atoms with E-state index in [9.17, 15) is 4.79 Å². The van der Waals surface area contributed by atoms with Crippen molar-refractivity contribution >= 4 is 5.97 Å². The molecule has 1 N–H and O–H groups in total. The Hall–Kier alpha value is -2.01. The third-order valence-electron chi connectivity index (χ3n) is 3.10. The highest BCUT2D eigenvalue weighted by Gasteiger charge is 2.11. The zero-order chi connectivity index (χ0) is 15.1. The van der Waals surface area contributed by atoms with Crippen molar-refractivity contribution in [3.8, 4) is 11.5 Å². The maximum absolute atomic E-state index is 11.4. The molecule has 1 heterocycles. The predicted molar refractivity (Wildman–Crippen MR) is 79.8 cm³/mol. The summed E-state index contributed by atoms with van der Waals surface area (Å²) in [5.74, 6) is 1.26. The van der Waals surface area contributed by atoms with E-state index in [4.69, 9.17) is 14.2 Å². The van der Waals surface area contributed by atoms with E-state index in [0.717, 1.165) is 30.0 Å². The van der Waals surface area contributed by atoms with Crippen LogP contribution in [0, 0.1) is 0 Å². The number of carbonyl (C=O) groups is 1. The van der Waals surface area contributed by atoms with Gasteiger partial charge in [0, 0.05) is 12.1 Å². The van der Waals surface area contributed by atoms with Crippen molar-refractivity contribution in [1.82, 2.24) is 5.32 Å². The second kappa shape index (κ2) is 7.69. The third kappa shape index (κ3) is 4.49. The number of benzene rings is 1. The van der Waals surface area contributed by atoms with Gasteiger partial charge in [-0.15, -0.1) is 0 Å². The van der Waals surface area contributed by atoms with Crippen LogP contribution in [0.1, 0.15) is 12.5 Å². The first kappa shape index (κ1) is 15.4. The van der Waals surface area contributed by atoms with E-state index in [1.54, 1.807) is 6.92 Å². The average Bonchev–Trinajstić information content (AvgIpc) is 2.51. The highest BCUT2D eigenvalue weighted by Crippen LogP contribution is 2.30. The topological polar surface area (TPSA) is 56.8 Å². The van der Waals surface area contributed by atoms with Gasteiger partial charge in [-0.05, 0) is 37.6 Å². The zero-order valence-electron chi connectivity index (χ0n) is 12.3. The molecule has 0 saturated carbocycles. The second-order valence-corrected chi connectivity index (χ2v) is 4.73. The highest BCUT2D eigenvalue weighted by atomic mass is 16.6. The summed E-state index contributed by atoms with van der Waals surface area (Å²) in [6.07, 6.45) is 0.840. The fourth-order valence-corrected chi connectivity index (χ4v) is 2.02. The molecule has 0 bridgehead atoms. The van der Waals surface area contributed by atoms with Crippen LogP contribution in [-0.4, -0.2) is 38.9 Å². The van der Waals surface area contributed by atoms with Crippen LogP contribution in [-0.2, 0) is 16.0 Å². The van der Waals surface area contributed by atoms with E-state index < -0.39 is 0 Å². The van der Waals surface area contributed by atoms with E-state index in [1.165, 1.54) is 0 Å². The number of nitrogens with one attached hydrogen (secondary N) is 1. The Kier molecular flexibility index (Phi) is 5.63. The molecule has 2 rings (SSSR count). The van der Waals surface area contributed by atoms with Crippen molar-refractivity contribution < 1.29 is 19.0 Å². The van der Waals surface area contributed by atoms with E-state index in [1.807, 2.05) is 18.2 Å². The molecule has 0 atom stereocenters. The number of hydrogen-bond donors (Lipinski definition) is 1. The van der Waals surface area contributed by atoms with Gasteiger partial charge in [-0.25, -0.2) is 4.79 Å². The van der Waals surface area contributed by atoms with Gasteiger partial charge in [0.1, 0.15) is 13.2 Å². The molecule has 1 aromatic rings. The van der Waals surface area contributed by atoms with E-state index in [2.05, 4.69) is 11.9 Å². The van der Waals surface area contributed by atoms with E-state index in [0.29, 0.717) is 31.9 Å². The minimum absolute atomic E-state index is 0.343. The number of esters is 1. The maximum Gasteiger partial charge on any atom is 0.334 e. The normalized spacial score (nSPS) is 12.8. The molecule has 0 spiro atoms. The molecule has 21 heavy (non-hydrogen) atoms. The largest absolute Gasteiger partial charge is 0.486 e. The van der Waals surface area contributed by atoms with Gasteiger partial charge in [0.25, 0.3) is 0 Å². The number of rotatable bonds is 7. The highest BCUT2D eigenvalue weighted by molar-refractivity contribution is 5.88. The SMILES string of the molecule is C=C(CNCCc1ccc2c(c1)OCCO2)C(=O)OCC.